The first-order valence-electron chi connectivity index (χ1n) is 4.12. The van der Waals surface area contributed by atoms with E-state index >= 15 is 0 Å². The number of thioether (sulfide) groups is 1. The Morgan fingerprint density at radius 2 is 2.21 bits per heavy atom. The molecule has 1 rings (SSSR count). The Balaban J connectivity index is 3.13. The molecule has 74 valence electrons. The van der Waals surface area contributed by atoms with E-state index < -0.39 is 0 Å². The normalized spacial score (nSPS) is 9.57. The minimum Gasteiger partial charge on any atom is -0.387 e. The molecule has 0 amide bonds. The molecule has 1 aromatic rings. The van der Waals surface area contributed by atoms with Crippen LogP contribution in [-0.4, -0.2) is 18.4 Å². The van der Waals surface area contributed by atoms with Gasteiger partial charge in [-0.05, 0) is 25.1 Å². The van der Waals surface area contributed by atoms with E-state index in [-0.39, 0.29) is 5.78 Å². The predicted molar refractivity (Wildman–Crippen MR) is 58.6 cm³/mol. The van der Waals surface area contributed by atoms with Gasteiger partial charge in [0.05, 0.1) is 0 Å². The van der Waals surface area contributed by atoms with Crippen molar-refractivity contribution in [1.29, 1.82) is 0 Å². The molecule has 0 fully saturated rings. The van der Waals surface area contributed by atoms with Crippen LogP contribution in [0.25, 0.3) is 0 Å². The van der Waals surface area contributed by atoms with Gasteiger partial charge in [-0.2, -0.15) is 0 Å². The summed E-state index contributed by atoms with van der Waals surface area (Å²) in [6.45, 7) is 1.50. The minimum absolute atomic E-state index is 0.000372. The third-order valence-electron chi connectivity index (χ3n) is 1.83. The molecule has 0 saturated heterocycles. The number of ketones is 1. The molecule has 0 spiro atoms. The summed E-state index contributed by atoms with van der Waals surface area (Å²) in [5.41, 5.74) is 2.22. The van der Waals surface area contributed by atoms with Gasteiger partial charge < -0.3 is 5.32 Å². The number of hydrogen-bond acceptors (Lipinski definition) is 4. The maximum absolute atomic E-state index is 11.1. The lowest BCUT2D eigenvalue weighted by Gasteiger charge is -2.06. The molecular formula is C10H11NO2S. The zero-order chi connectivity index (χ0) is 10.6. The first kappa shape index (κ1) is 10.8. The van der Waals surface area contributed by atoms with E-state index in [9.17, 15) is 9.59 Å². The lowest BCUT2D eigenvalue weighted by atomic mass is 10.1. The fraction of sp³-hybridized carbons (Fsp3) is 0.200. The molecule has 0 heterocycles. The van der Waals surface area contributed by atoms with Crippen molar-refractivity contribution in [2.45, 2.75) is 11.8 Å². The van der Waals surface area contributed by atoms with Gasteiger partial charge in [0.1, 0.15) is 0 Å². The van der Waals surface area contributed by atoms with Crippen molar-refractivity contribution in [1.82, 2.24) is 0 Å². The van der Waals surface area contributed by atoms with E-state index in [0.717, 1.165) is 28.0 Å². The predicted octanol–water partition coefficient (Wildman–Crippen LogP) is 2.21. The molecule has 1 aromatic carbocycles. The van der Waals surface area contributed by atoms with Gasteiger partial charge in [-0.1, -0.05) is 11.8 Å². The summed E-state index contributed by atoms with van der Waals surface area (Å²) in [6, 6.07) is 5.25. The van der Waals surface area contributed by atoms with Gasteiger partial charge >= 0.3 is 0 Å². The van der Waals surface area contributed by atoms with Crippen LogP contribution in [0.1, 0.15) is 17.3 Å². The van der Waals surface area contributed by atoms with Crippen LogP contribution in [0.15, 0.2) is 23.1 Å². The Labute approximate surface area is 86.9 Å². The number of nitrogens with one attached hydrogen (secondary N) is 1. The van der Waals surface area contributed by atoms with E-state index in [2.05, 4.69) is 5.32 Å². The lowest BCUT2D eigenvalue weighted by Crippen LogP contribution is -1.96. The van der Waals surface area contributed by atoms with Crippen LogP contribution in [-0.2, 0) is 4.79 Å². The summed E-state index contributed by atoms with van der Waals surface area (Å²) in [7, 11) is 1.78. The number of hydrogen-bond donors (Lipinski definition) is 1. The van der Waals surface area contributed by atoms with Gasteiger partial charge in [0, 0.05) is 23.2 Å². The highest BCUT2D eigenvalue weighted by Crippen LogP contribution is 2.26. The van der Waals surface area contributed by atoms with Gasteiger partial charge in [0.25, 0.3) is 0 Å². The average Bonchev–Trinajstić information content (AvgIpc) is 2.18. The average molecular weight is 209 g/mol. The highest BCUT2D eigenvalue weighted by molar-refractivity contribution is 8.12. The highest BCUT2D eigenvalue weighted by atomic mass is 32.2. The third-order valence-corrected chi connectivity index (χ3v) is 2.52. The maximum Gasteiger partial charge on any atom is 0.181 e. The van der Waals surface area contributed by atoms with Crippen molar-refractivity contribution in [2.75, 3.05) is 12.4 Å². The number of benzene rings is 1. The summed E-state index contributed by atoms with van der Waals surface area (Å²) < 4.78 is 0. The van der Waals surface area contributed by atoms with Crippen LogP contribution in [0.5, 0.6) is 0 Å². The topological polar surface area (TPSA) is 46.2 Å². The molecular weight excluding hydrogens is 198 g/mol. The van der Waals surface area contributed by atoms with Gasteiger partial charge in [-0.15, -0.1) is 0 Å². The van der Waals surface area contributed by atoms with Crippen LogP contribution in [0.4, 0.5) is 5.69 Å². The zero-order valence-corrected chi connectivity index (χ0v) is 8.85. The number of anilines is 1. The summed E-state index contributed by atoms with van der Waals surface area (Å²) in [5.74, 6) is 0.000372. The molecule has 0 aliphatic rings. The molecule has 0 atom stereocenters. The quantitative estimate of drug-likeness (QED) is 0.469. The minimum atomic E-state index is 0.000372. The largest absolute Gasteiger partial charge is 0.387 e. The third kappa shape index (κ3) is 2.35. The molecule has 0 bridgehead atoms. The van der Waals surface area contributed by atoms with Crippen LogP contribution in [0, 0.1) is 0 Å². The standard InChI is InChI=1S/C10H11NO2S/c1-7(13)8-3-4-9(11-2)10(5-8)14-6-12/h3-6,11H,1-2H3. The van der Waals surface area contributed by atoms with E-state index in [1.807, 2.05) is 0 Å². The molecule has 0 radical (unpaired) electrons. The van der Waals surface area contributed by atoms with Crippen LogP contribution in [0.3, 0.4) is 0 Å². The van der Waals surface area contributed by atoms with Gasteiger partial charge in [-0.3, -0.25) is 9.59 Å². The molecule has 0 unspecified atom stereocenters. The van der Waals surface area contributed by atoms with E-state index in [4.69, 9.17) is 0 Å². The maximum atomic E-state index is 11.1. The fourth-order valence-corrected chi connectivity index (χ4v) is 1.69. The molecule has 0 aliphatic carbocycles. The van der Waals surface area contributed by atoms with E-state index in [1.165, 1.54) is 6.92 Å². The number of rotatable bonds is 4. The van der Waals surface area contributed by atoms with E-state index in [1.54, 1.807) is 25.2 Å². The second-order valence-electron chi connectivity index (χ2n) is 2.73. The zero-order valence-electron chi connectivity index (χ0n) is 8.03. The molecule has 0 aromatic heterocycles. The number of Topliss-reactive ketones (excluding diaryl/α,β-unsaturated/α-hetero) is 1. The van der Waals surface area contributed by atoms with Gasteiger partial charge in [-0.25, -0.2) is 0 Å². The van der Waals surface area contributed by atoms with Crippen molar-refractivity contribution in [2.24, 2.45) is 0 Å². The number of carbonyl (C=O) groups is 2. The first-order valence-corrected chi connectivity index (χ1v) is 5.00. The highest BCUT2D eigenvalue weighted by Gasteiger charge is 2.05. The van der Waals surface area contributed by atoms with Crippen molar-refractivity contribution < 1.29 is 9.59 Å². The second kappa shape index (κ2) is 4.81. The summed E-state index contributed by atoms with van der Waals surface area (Å²) >= 11 is 1.06. The molecule has 14 heavy (non-hydrogen) atoms. The summed E-state index contributed by atoms with van der Waals surface area (Å²) in [5, 5.41) is 2.96. The smallest absolute Gasteiger partial charge is 0.181 e. The molecule has 0 saturated carbocycles. The Bertz CT molecular complexity index is 363. The first-order chi connectivity index (χ1) is 6.69. The fourth-order valence-electron chi connectivity index (χ4n) is 1.10. The summed E-state index contributed by atoms with van der Waals surface area (Å²) in [4.78, 5) is 22.2. The van der Waals surface area contributed by atoms with Crippen LogP contribution >= 0.6 is 11.8 Å². The molecule has 0 aliphatic heterocycles. The second-order valence-corrected chi connectivity index (χ2v) is 3.60. The van der Waals surface area contributed by atoms with E-state index in [0.29, 0.717) is 5.56 Å². The van der Waals surface area contributed by atoms with Crippen LogP contribution < -0.4 is 5.32 Å². The summed E-state index contributed by atoms with van der Waals surface area (Å²) in [6.07, 6.45) is 0. The van der Waals surface area contributed by atoms with Gasteiger partial charge in [0.15, 0.2) is 11.4 Å². The van der Waals surface area contributed by atoms with Crippen molar-refractivity contribution >= 4 is 28.9 Å². The Morgan fingerprint density at radius 1 is 1.50 bits per heavy atom. The Hall–Kier alpha value is -1.29. The van der Waals surface area contributed by atoms with Gasteiger partial charge in [0.2, 0.25) is 0 Å². The van der Waals surface area contributed by atoms with Crippen molar-refractivity contribution in [3.8, 4) is 0 Å². The Morgan fingerprint density at radius 3 is 2.71 bits per heavy atom. The Kier molecular flexibility index (Phi) is 3.71. The lowest BCUT2D eigenvalue weighted by molar-refractivity contribution is 0.101. The molecule has 3 nitrogen and oxygen atoms in total. The molecule has 4 heteroatoms. The van der Waals surface area contributed by atoms with Crippen molar-refractivity contribution in [3.63, 3.8) is 0 Å². The van der Waals surface area contributed by atoms with Crippen molar-refractivity contribution in [3.05, 3.63) is 23.8 Å². The SMILES string of the molecule is CNc1ccc(C(C)=O)cc1SC=O. The van der Waals surface area contributed by atoms with Crippen LogP contribution in [0.2, 0.25) is 0 Å². The monoisotopic (exact) mass is 209 g/mol. The number of carbonyl (C=O) groups excluding carboxylic acids is 2. The molecule has 1 N–H and O–H groups in total.